The van der Waals surface area contributed by atoms with Crippen LogP contribution in [0.1, 0.15) is 27.2 Å². The second-order valence-electron chi connectivity index (χ2n) is 4.80. The summed E-state index contributed by atoms with van der Waals surface area (Å²) >= 11 is 0. The monoisotopic (exact) mass is 215 g/mol. The summed E-state index contributed by atoms with van der Waals surface area (Å²) in [5, 5.41) is 9.57. The molecule has 0 bridgehead atoms. The largest absolute Gasteiger partial charge is 0.393 e. The average molecular weight is 215 g/mol. The number of ether oxygens (including phenoxy) is 1. The standard InChI is InChI=1S/C11H21NO3/c1-8-7-12(6-5-9(8)13)10(14)11(2,3)15-4/h8-9,13H,5-7H2,1-4H3. The molecule has 0 aromatic heterocycles. The van der Waals surface area contributed by atoms with Crippen LogP contribution >= 0.6 is 0 Å². The maximum absolute atomic E-state index is 12.0. The van der Waals surface area contributed by atoms with E-state index in [1.807, 2.05) is 6.92 Å². The van der Waals surface area contributed by atoms with Crippen LogP contribution in [0.3, 0.4) is 0 Å². The first-order chi connectivity index (χ1) is 6.88. The van der Waals surface area contributed by atoms with Crippen LogP contribution in [0, 0.1) is 5.92 Å². The fraction of sp³-hybridized carbons (Fsp3) is 0.909. The molecule has 1 saturated heterocycles. The molecule has 2 unspecified atom stereocenters. The number of piperidine rings is 1. The molecule has 0 aromatic rings. The van der Waals surface area contributed by atoms with Gasteiger partial charge in [-0.05, 0) is 26.2 Å². The van der Waals surface area contributed by atoms with Crippen LogP contribution in [0.5, 0.6) is 0 Å². The lowest BCUT2D eigenvalue weighted by Gasteiger charge is -2.38. The van der Waals surface area contributed by atoms with Gasteiger partial charge in [0.15, 0.2) is 0 Å². The summed E-state index contributed by atoms with van der Waals surface area (Å²) in [6.07, 6.45) is 0.381. The molecule has 1 N–H and O–H groups in total. The smallest absolute Gasteiger partial charge is 0.254 e. The number of hydrogen-bond donors (Lipinski definition) is 1. The Morgan fingerprint density at radius 1 is 1.53 bits per heavy atom. The van der Waals surface area contributed by atoms with Gasteiger partial charge in [0.1, 0.15) is 5.60 Å². The van der Waals surface area contributed by atoms with Crippen molar-refractivity contribution in [1.82, 2.24) is 4.90 Å². The quantitative estimate of drug-likeness (QED) is 0.735. The highest BCUT2D eigenvalue weighted by Crippen LogP contribution is 2.20. The third-order valence-corrected chi connectivity index (χ3v) is 3.17. The summed E-state index contributed by atoms with van der Waals surface area (Å²) in [7, 11) is 1.54. The van der Waals surface area contributed by atoms with Crippen LogP contribution in [0.2, 0.25) is 0 Å². The van der Waals surface area contributed by atoms with Gasteiger partial charge >= 0.3 is 0 Å². The van der Waals surface area contributed by atoms with E-state index >= 15 is 0 Å². The molecular weight excluding hydrogens is 194 g/mol. The van der Waals surface area contributed by atoms with E-state index in [2.05, 4.69) is 0 Å². The number of carbonyl (C=O) groups is 1. The molecule has 88 valence electrons. The summed E-state index contributed by atoms with van der Waals surface area (Å²) in [6.45, 7) is 6.74. The number of rotatable bonds is 2. The molecule has 0 aromatic carbocycles. The highest BCUT2D eigenvalue weighted by Gasteiger charge is 2.35. The molecule has 1 aliphatic heterocycles. The van der Waals surface area contributed by atoms with E-state index in [-0.39, 0.29) is 17.9 Å². The molecule has 1 amide bonds. The molecule has 1 fully saturated rings. The van der Waals surface area contributed by atoms with E-state index in [1.54, 1.807) is 25.9 Å². The summed E-state index contributed by atoms with van der Waals surface area (Å²) in [5.41, 5.74) is -0.762. The summed E-state index contributed by atoms with van der Waals surface area (Å²) in [4.78, 5) is 13.8. The van der Waals surface area contributed by atoms with Gasteiger partial charge in [-0.25, -0.2) is 0 Å². The fourth-order valence-corrected chi connectivity index (χ4v) is 1.79. The van der Waals surface area contributed by atoms with Crippen molar-refractivity contribution in [2.75, 3.05) is 20.2 Å². The van der Waals surface area contributed by atoms with Crippen molar-refractivity contribution < 1.29 is 14.6 Å². The van der Waals surface area contributed by atoms with Gasteiger partial charge in [0.05, 0.1) is 6.10 Å². The highest BCUT2D eigenvalue weighted by molar-refractivity contribution is 5.84. The first-order valence-electron chi connectivity index (χ1n) is 5.41. The molecule has 0 radical (unpaired) electrons. The number of aliphatic hydroxyl groups excluding tert-OH is 1. The maximum Gasteiger partial charge on any atom is 0.254 e. The zero-order chi connectivity index (χ0) is 11.6. The number of amides is 1. The molecule has 1 aliphatic rings. The lowest BCUT2D eigenvalue weighted by molar-refractivity contribution is -0.154. The van der Waals surface area contributed by atoms with E-state index in [9.17, 15) is 9.90 Å². The van der Waals surface area contributed by atoms with Crippen LogP contribution in [-0.2, 0) is 9.53 Å². The number of nitrogens with zero attached hydrogens (tertiary/aromatic N) is 1. The molecule has 1 heterocycles. The topological polar surface area (TPSA) is 49.8 Å². The van der Waals surface area contributed by atoms with Gasteiger partial charge in [-0.2, -0.15) is 0 Å². The van der Waals surface area contributed by atoms with Crippen molar-refractivity contribution in [3.63, 3.8) is 0 Å². The van der Waals surface area contributed by atoms with Gasteiger partial charge in [-0.1, -0.05) is 6.92 Å². The Labute approximate surface area is 91.2 Å². The van der Waals surface area contributed by atoms with Crippen molar-refractivity contribution in [2.24, 2.45) is 5.92 Å². The van der Waals surface area contributed by atoms with Crippen molar-refractivity contribution in [3.8, 4) is 0 Å². The van der Waals surface area contributed by atoms with E-state index in [0.29, 0.717) is 19.5 Å². The van der Waals surface area contributed by atoms with E-state index in [0.717, 1.165) is 0 Å². The predicted molar refractivity (Wildman–Crippen MR) is 57.5 cm³/mol. The van der Waals surface area contributed by atoms with E-state index < -0.39 is 5.60 Å². The molecule has 15 heavy (non-hydrogen) atoms. The minimum Gasteiger partial charge on any atom is -0.393 e. The van der Waals surface area contributed by atoms with Gasteiger partial charge in [-0.3, -0.25) is 4.79 Å². The third-order valence-electron chi connectivity index (χ3n) is 3.17. The Morgan fingerprint density at radius 2 is 2.13 bits per heavy atom. The Kier molecular flexibility index (Phi) is 3.73. The van der Waals surface area contributed by atoms with Gasteiger partial charge in [0.2, 0.25) is 0 Å². The Bertz CT molecular complexity index is 240. The zero-order valence-corrected chi connectivity index (χ0v) is 9.99. The molecule has 1 rings (SSSR count). The Balaban J connectivity index is 2.62. The second-order valence-corrected chi connectivity index (χ2v) is 4.80. The lowest BCUT2D eigenvalue weighted by Crippen LogP contribution is -2.52. The number of methoxy groups -OCH3 is 1. The van der Waals surface area contributed by atoms with E-state index in [1.165, 1.54) is 0 Å². The van der Waals surface area contributed by atoms with Crippen LogP contribution in [-0.4, -0.2) is 47.8 Å². The third kappa shape index (κ3) is 2.69. The molecule has 0 saturated carbocycles. The normalized spacial score (nSPS) is 27.9. The molecule has 0 spiro atoms. The highest BCUT2D eigenvalue weighted by atomic mass is 16.5. The first kappa shape index (κ1) is 12.5. The van der Waals surface area contributed by atoms with Crippen LogP contribution in [0.4, 0.5) is 0 Å². The van der Waals surface area contributed by atoms with Crippen molar-refractivity contribution in [2.45, 2.75) is 38.9 Å². The van der Waals surface area contributed by atoms with Crippen LogP contribution < -0.4 is 0 Å². The fourth-order valence-electron chi connectivity index (χ4n) is 1.79. The molecular formula is C11H21NO3. The second kappa shape index (κ2) is 4.49. The summed E-state index contributed by atoms with van der Waals surface area (Å²) in [6, 6.07) is 0. The van der Waals surface area contributed by atoms with Crippen LogP contribution in [0.25, 0.3) is 0 Å². The van der Waals surface area contributed by atoms with Gasteiger partial charge in [-0.15, -0.1) is 0 Å². The molecule has 0 aliphatic carbocycles. The first-order valence-corrected chi connectivity index (χ1v) is 5.41. The lowest BCUT2D eigenvalue weighted by atomic mass is 9.95. The Morgan fingerprint density at radius 3 is 2.60 bits per heavy atom. The number of likely N-dealkylation sites (tertiary alicyclic amines) is 1. The molecule has 4 heteroatoms. The summed E-state index contributed by atoms with van der Waals surface area (Å²) < 4.78 is 5.16. The minimum absolute atomic E-state index is 0.00347. The van der Waals surface area contributed by atoms with Crippen molar-refractivity contribution >= 4 is 5.91 Å². The molecule has 4 nitrogen and oxygen atoms in total. The SMILES string of the molecule is COC(C)(C)C(=O)N1CCC(O)C(C)C1. The maximum atomic E-state index is 12.0. The number of carbonyl (C=O) groups excluding carboxylic acids is 1. The predicted octanol–water partition coefficient (Wildman–Crippen LogP) is 0.641. The number of hydrogen-bond acceptors (Lipinski definition) is 3. The van der Waals surface area contributed by atoms with Gasteiger partial charge in [0.25, 0.3) is 5.91 Å². The summed E-state index contributed by atoms with van der Waals surface area (Å²) in [5.74, 6) is 0.152. The van der Waals surface area contributed by atoms with E-state index in [4.69, 9.17) is 4.74 Å². The Hall–Kier alpha value is -0.610. The minimum atomic E-state index is -0.762. The van der Waals surface area contributed by atoms with Gasteiger partial charge in [0, 0.05) is 20.2 Å². The van der Waals surface area contributed by atoms with Crippen LogP contribution in [0.15, 0.2) is 0 Å². The van der Waals surface area contributed by atoms with Crippen molar-refractivity contribution in [1.29, 1.82) is 0 Å². The molecule has 2 atom stereocenters. The van der Waals surface area contributed by atoms with Crippen molar-refractivity contribution in [3.05, 3.63) is 0 Å². The number of aliphatic hydroxyl groups is 1. The zero-order valence-electron chi connectivity index (χ0n) is 9.99. The van der Waals surface area contributed by atoms with Gasteiger partial charge < -0.3 is 14.7 Å². The average Bonchev–Trinajstić information content (AvgIpc) is 2.21.